The monoisotopic (exact) mass is 382 g/mol. The summed E-state index contributed by atoms with van der Waals surface area (Å²) in [5.41, 5.74) is 0. The van der Waals surface area contributed by atoms with Crippen molar-refractivity contribution in [3.63, 3.8) is 0 Å². The summed E-state index contributed by atoms with van der Waals surface area (Å²) in [6, 6.07) is 0. The normalized spacial score (nSPS) is 15.5. The van der Waals surface area contributed by atoms with Crippen LogP contribution in [0.15, 0.2) is 0 Å². The Bertz CT molecular complexity index is 446. The quantitative estimate of drug-likeness (QED) is 0.244. The third-order valence-electron chi connectivity index (χ3n) is 3.47. The van der Waals surface area contributed by atoms with Crippen LogP contribution in [0.5, 0.6) is 0 Å². The smallest absolute Gasteiger partial charge is 0.425 e. The highest BCUT2D eigenvalue weighted by atomic mass is 31.1. The van der Waals surface area contributed by atoms with E-state index in [4.69, 9.17) is 14.4 Å². The first kappa shape index (κ1) is 23.7. The minimum Gasteiger partial charge on any atom is -0.425 e. The summed E-state index contributed by atoms with van der Waals surface area (Å²) in [6.45, 7) is 8.60. The van der Waals surface area contributed by atoms with Gasteiger partial charge in [-0.1, -0.05) is 34.6 Å². The Labute approximate surface area is 149 Å². The molecule has 0 aromatic heterocycles. The molecule has 0 bridgehead atoms. The van der Waals surface area contributed by atoms with Crippen LogP contribution in [-0.4, -0.2) is 35.7 Å². The van der Waals surface area contributed by atoms with Gasteiger partial charge in [0.25, 0.3) is 6.29 Å². The van der Waals surface area contributed by atoms with Gasteiger partial charge in [-0.25, -0.2) is 9.18 Å². The molecule has 4 atom stereocenters. The van der Waals surface area contributed by atoms with Crippen molar-refractivity contribution in [1.29, 1.82) is 0 Å². The topological polar surface area (TPSA) is 102 Å². The van der Waals surface area contributed by atoms with Crippen LogP contribution in [0.2, 0.25) is 0 Å². The zero-order chi connectivity index (χ0) is 19.6. The fraction of sp³-hybridized carbons (Fsp3) is 0.875. The van der Waals surface area contributed by atoms with Gasteiger partial charge in [0, 0.05) is 5.92 Å². The Morgan fingerprint density at radius 1 is 1.08 bits per heavy atom. The van der Waals surface area contributed by atoms with Gasteiger partial charge in [0.15, 0.2) is 12.5 Å². The SMILES string of the molecule is CC(CCC(F)NC(=O)O[C@H](OC(=O)C(C)C)C(C)C)CC[P+](=O)O. The summed E-state index contributed by atoms with van der Waals surface area (Å²) < 4.78 is 34.5. The number of carbonyl (C=O) groups is 2. The molecular weight excluding hydrogens is 352 g/mol. The van der Waals surface area contributed by atoms with E-state index < -0.39 is 32.7 Å². The van der Waals surface area contributed by atoms with Gasteiger partial charge in [0.1, 0.15) is 0 Å². The molecule has 0 saturated carbocycles. The van der Waals surface area contributed by atoms with Crippen molar-refractivity contribution in [3.8, 4) is 0 Å². The lowest BCUT2D eigenvalue weighted by atomic mass is 10.0. The van der Waals surface area contributed by atoms with E-state index >= 15 is 0 Å². The predicted octanol–water partition coefficient (Wildman–Crippen LogP) is 3.73. The number of esters is 1. The van der Waals surface area contributed by atoms with Crippen molar-refractivity contribution in [2.24, 2.45) is 17.8 Å². The van der Waals surface area contributed by atoms with E-state index in [9.17, 15) is 18.5 Å². The Balaban J connectivity index is 4.27. The van der Waals surface area contributed by atoms with E-state index in [1.807, 2.05) is 6.92 Å². The van der Waals surface area contributed by atoms with Gasteiger partial charge in [-0.3, -0.25) is 10.1 Å². The van der Waals surface area contributed by atoms with E-state index in [1.54, 1.807) is 27.7 Å². The Morgan fingerprint density at radius 2 is 1.68 bits per heavy atom. The lowest BCUT2D eigenvalue weighted by molar-refractivity contribution is -0.178. The van der Waals surface area contributed by atoms with Crippen LogP contribution < -0.4 is 5.32 Å². The van der Waals surface area contributed by atoms with Crippen molar-refractivity contribution in [2.75, 3.05) is 6.16 Å². The molecular formula is C16H30FNO6P+. The summed E-state index contributed by atoms with van der Waals surface area (Å²) in [5.74, 6) is -1.07. The second kappa shape index (κ2) is 12.1. The predicted molar refractivity (Wildman–Crippen MR) is 91.8 cm³/mol. The standard InChI is InChI=1S/C16H29FNO6P/c1-10(2)14(19)23-15(11(3)4)24-16(20)18-13(17)7-6-12(5)8-9-25(21)22/h10-13,15H,6-9H2,1-5H3,(H-,18,20,21,22)/p+1/t12?,13?,15-/m0/s1. The maximum Gasteiger partial charge on any atom is 0.505 e. The highest BCUT2D eigenvalue weighted by Gasteiger charge is 2.25. The van der Waals surface area contributed by atoms with Crippen LogP contribution in [0.25, 0.3) is 0 Å². The molecule has 0 saturated heterocycles. The zero-order valence-electron chi connectivity index (χ0n) is 15.5. The Hall–Kier alpha value is -1.27. The molecule has 3 unspecified atom stereocenters. The molecule has 9 heteroatoms. The molecule has 0 rings (SSSR count). The first-order valence-corrected chi connectivity index (χ1v) is 9.87. The maximum absolute atomic E-state index is 13.8. The first-order valence-electron chi connectivity index (χ1n) is 8.48. The molecule has 2 N–H and O–H groups in total. The minimum absolute atomic E-state index is 0.0661. The van der Waals surface area contributed by atoms with Crippen LogP contribution in [0.3, 0.4) is 0 Å². The van der Waals surface area contributed by atoms with E-state index in [2.05, 4.69) is 5.32 Å². The zero-order valence-corrected chi connectivity index (χ0v) is 16.4. The van der Waals surface area contributed by atoms with Crippen molar-refractivity contribution in [2.45, 2.75) is 66.5 Å². The number of alkyl halides is 1. The lowest BCUT2D eigenvalue weighted by Crippen LogP contribution is -2.38. The maximum atomic E-state index is 13.8. The second-order valence-corrected chi connectivity index (χ2v) is 7.92. The highest BCUT2D eigenvalue weighted by molar-refractivity contribution is 7.37. The van der Waals surface area contributed by atoms with E-state index in [-0.39, 0.29) is 30.3 Å². The average molecular weight is 382 g/mol. The first-order chi connectivity index (χ1) is 11.5. The van der Waals surface area contributed by atoms with Crippen LogP contribution in [-0.2, 0) is 18.8 Å². The van der Waals surface area contributed by atoms with Gasteiger partial charge in [-0.2, -0.15) is 4.89 Å². The van der Waals surface area contributed by atoms with E-state index in [1.165, 1.54) is 0 Å². The van der Waals surface area contributed by atoms with Crippen molar-refractivity contribution in [3.05, 3.63) is 0 Å². The number of carbonyl (C=O) groups excluding carboxylic acids is 2. The van der Waals surface area contributed by atoms with Crippen LogP contribution in [0.1, 0.15) is 53.9 Å². The minimum atomic E-state index is -2.18. The van der Waals surface area contributed by atoms with Crippen molar-refractivity contribution >= 4 is 20.1 Å². The van der Waals surface area contributed by atoms with Crippen LogP contribution in [0.4, 0.5) is 9.18 Å². The number of amides is 1. The number of hydrogen-bond acceptors (Lipinski definition) is 5. The summed E-state index contributed by atoms with van der Waals surface area (Å²) in [6.07, 6.45) is -2.46. The fourth-order valence-electron chi connectivity index (χ4n) is 1.79. The number of alkyl carbamates (subject to hydrolysis) is 1. The number of nitrogens with one attached hydrogen (secondary N) is 1. The largest absolute Gasteiger partial charge is 0.505 e. The summed E-state index contributed by atoms with van der Waals surface area (Å²) >= 11 is 0. The molecule has 0 heterocycles. The average Bonchev–Trinajstić information content (AvgIpc) is 2.49. The third-order valence-corrected chi connectivity index (χ3v) is 4.11. The van der Waals surface area contributed by atoms with Crippen molar-refractivity contribution in [1.82, 2.24) is 5.32 Å². The van der Waals surface area contributed by atoms with Gasteiger partial charge in [-0.05, 0) is 29.7 Å². The van der Waals surface area contributed by atoms with Crippen LogP contribution >= 0.6 is 8.03 Å². The molecule has 25 heavy (non-hydrogen) atoms. The molecule has 0 radical (unpaired) electrons. The Morgan fingerprint density at radius 3 is 2.16 bits per heavy atom. The molecule has 0 aliphatic heterocycles. The van der Waals surface area contributed by atoms with Gasteiger partial charge in [-0.15, -0.1) is 0 Å². The summed E-state index contributed by atoms with van der Waals surface area (Å²) in [5, 5.41) is 2.06. The molecule has 0 aliphatic carbocycles. The molecule has 0 fully saturated rings. The van der Waals surface area contributed by atoms with Gasteiger partial charge >= 0.3 is 20.1 Å². The molecule has 146 valence electrons. The van der Waals surface area contributed by atoms with E-state index in [0.29, 0.717) is 12.8 Å². The van der Waals surface area contributed by atoms with Gasteiger partial charge in [0.2, 0.25) is 0 Å². The fourth-order valence-corrected chi connectivity index (χ4v) is 2.45. The number of rotatable bonds is 11. The number of ether oxygens (including phenoxy) is 2. The van der Waals surface area contributed by atoms with Gasteiger partial charge < -0.3 is 9.47 Å². The summed E-state index contributed by atoms with van der Waals surface area (Å²) in [4.78, 5) is 32.1. The summed E-state index contributed by atoms with van der Waals surface area (Å²) in [7, 11) is -2.18. The second-order valence-electron chi connectivity index (χ2n) is 6.77. The molecule has 7 nitrogen and oxygen atoms in total. The van der Waals surface area contributed by atoms with Crippen molar-refractivity contribution < 1.29 is 32.9 Å². The molecule has 1 amide bonds. The van der Waals surface area contributed by atoms with Crippen LogP contribution in [0, 0.1) is 17.8 Å². The lowest BCUT2D eigenvalue weighted by Gasteiger charge is -2.23. The van der Waals surface area contributed by atoms with E-state index in [0.717, 1.165) is 0 Å². The highest BCUT2D eigenvalue weighted by Crippen LogP contribution is 2.21. The van der Waals surface area contributed by atoms with Gasteiger partial charge in [0.05, 0.1) is 5.92 Å². The molecule has 0 aromatic carbocycles. The molecule has 0 aliphatic rings. The Kier molecular flexibility index (Phi) is 11.5. The number of halogens is 1. The molecule has 0 spiro atoms. The number of hydrogen-bond donors (Lipinski definition) is 2. The third kappa shape index (κ3) is 11.8. The molecule has 0 aromatic rings.